The number of halogens is 1. The van der Waals surface area contributed by atoms with Gasteiger partial charge in [-0.15, -0.1) is 0 Å². The van der Waals surface area contributed by atoms with Gasteiger partial charge in [-0.3, -0.25) is 4.79 Å². The largest absolute Gasteiger partial charge is 0.463 e. The van der Waals surface area contributed by atoms with Gasteiger partial charge in [0, 0.05) is 18.0 Å². The zero-order chi connectivity index (χ0) is 14.9. The molecule has 0 rings (SSSR count). The van der Waals surface area contributed by atoms with Gasteiger partial charge in [0.1, 0.15) is 5.60 Å². The molecular formula is C14H19ClO4. The molecule has 1 atom stereocenters. The second-order valence-electron chi connectivity index (χ2n) is 4.00. The van der Waals surface area contributed by atoms with Crippen molar-refractivity contribution in [2.75, 3.05) is 6.61 Å². The summed E-state index contributed by atoms with van der Waals surface area (Å²) in [5.41, 5.74) is 0.784. The molecule has 0 N–H and O–H groups in total. The summed E-state index contributed by atoms with van der Waals surface area (Å²) in [5, 5.41) is 0. The summed E-state index contributed by atoms with van der Waals surface area (Å²) in [4.78, 5) is 22.4. The molecule has 19 heavy (non-hydrogen) atoms. The van der Waals surface area contributed by atoms with E-state index in [1.54, 1.807) is 39.0 Å². The van der Waals surface area contributed by atoms with Gasteiger partial charge < -0.3 is 9.47 Å². The first-order valence-electron chi connectivity index (χ1n) is 5.85. The predicted octanol–water partition coefficient (Wildman–Crippen LogP) is 3.13. The minimum Gasteiger partial charge on any atom is -0.463 e. The fourth-order valence-corrected chi connectivity index (χ4v) is 1.51. The third-order valence-electron chi connectivity index (χ3n) is 2.13. The molecule has 0 radical (unpaired) electrons. The lowest BCUT2D eigenvalue weighted by molar-refractivity contribution is -0.147. The van der Waals surface area contributed by atoms with Gasteiger partial charge in [0.25, 0.3) is 0 Å². The van der Waals surface area contributed by atoms with E-state index in [9.17, 15) is 9.59 Å². The van der Waals surface area contributed by atoms with E-state index in [-0.39, 0.29) is 5.97 Å². The van der Waals surface area contributed by atoms with Crippen molar-refractivity contribution in [1.29, 1.82) is 0 Å². The Labute approximate surface area is 118 Å². The van der Waals surface area contributed by atoms with Crippen molar-refractivity contribution in [1.82, 2.24) is 0 Å². The van der Waals surface area contributed by atoms with Gasteiger partial charge >= 0.3 is 11.9 Å². The summed E-state index contributed by atoms with van der Waals surface area (Å²) >= 11 is 5.51. The lowest BCUT2D eigenvalue weighted by Gasteiger charge is -2.21. The van der Waals surface area contributed by atoms with Crippen LogP contribution < -0.4 is 0 Å². The third kappa shape index (κ3) is 7.47. The summed E-state index contributed by atoms with van der Waals surface area (Å²) in [6.45, 7) is 6.70. The fourth-order valence-electron chi connectivity index (χ4n) is 1.25. The van der Waals surface area contributed by atoms with Gasteiger partial charge in [-0.1, -0.05) is 23.8 Å². The maximum atomic E-state index is 11.4. The van der Waals surface area contributed by atoms with E-state index in [0.717, 1.165) is 0 Å². The fraction of sp³-hybridized carbons (Fsp3) is 0.429. The second-order valence-corrected chi connectivity index (χ2v) is 4.25. The topological polar surface area (TPSA) is 52.6 Å². The van der Waals surface area contributed by atoms with E-state index in [1.807, 2.05) is 0 Å². The molecular weight excluding hydrogens is 268 g/mol. The highest BCUT2D eigenvalue weighted by molar-refractivity contribution is 6.25. The molecule has 0 heterocycles. The van der Waals surface area contributed by atoms with Crippen LogP contribution in [0.5, 0.6) is 0 Å². The van der Waals surface area contributed by atoms with Gasteiger partial charge in [0.2, 0.25) is 0 Å². The number of esters is 2. The van der Waals surface area contributed by atoms with E-state index in [1.165, 1.54) is 18.5 Å². The van der Waals surface area contributed by atoms with Crippen LogP contribution in [0.15, 0.2) is 35.4 Å². The van der Waals surface area contributed by atoms with Gasteiger partial charge in [-0.25, -0.2) is 4.79 Å². The van der Waals surface area contributed by atoms with E-state index in [2.05, 4.69) is 0 Å². The molecule has 0 aliphatic heterocycles. The number of rotatable bonds is 6. The molecule has 0 amide bonds. The minimum atomic E-state index is -0.945. The monoisotopic (exact) mass is 286 g/mol. The molecule has 0 aromatic rings. The van der Waals surface area contributed by atoms with E-state index < -0.39 is 11.6 Å². The standard InChI is InChI=1S/C14H19ClO4/c1-5-18-13(17)11(2)7-6-8-14(4,9-10-15)19-12(3)16/h6-10H,5H2,1-4H3. The third-order valence-corrected chi connectivity index (χ3v) is 2.25. The van der Waals surface area contributed by atoms with Crippen LogP contribution in [0.25, 0.3) is 0 Å². The predicted molar refractivity (Wildman–Crippen MR) is 74.7 cm³/mol. The SMILES string of the molecule is CCOC(=O)C(C)=CC=CC(C)(C=CCl)OC(C)=O. The van der Waals surface area contributed by atoms with Crippen LogP contribution >= 0.6 is 11.6 Å². The van der Waals surface area contributed by atoms with Gasteiger partial charge in [-0.05, 0) is 32.9 Å². The average Bonchev–Trinajstić information content (AvgIpc) is 2.28. The zero-order valence-electron chi connectivity index (χ0n) is 11.6. The van der Waals surface area contributed by atoms with Crippen molar-refractivity contribution in [3.63, 3.8) is 0 Å². The molecule has 0 aliphatic carbocycles. The second kappa shape index (κ2) is 8.53. The minimum absolute atomic E-state index is 0.327. The first-order chi connectivity index (χ1) is 8.84. The molecule has 0 bridgehead atoms. The van der Waals surface area contributed by atoms with E-state index in [0.29, 0.717) is 12.2 Å². The smallest absolute Gasteiger partial charge is 0.333 e. The van der Waals surface area contributed by atoms with Crippen LogP contribution in [-0.2, 0) is 19.1 Å². The first kappa shape index (κ1) is 17.4. The molecule has 0 saturated heterocycles. The van der Waals surface area contributed by atoms with E-state index in [4.69, 9.17) is 21.1 Å². The lowest BCUT2D eigenvalue weighted by Crippen LogP contribution is -2.25. The van der Waals surface area contributed by atoms with Gasteiger partial charge in [0.05, 0.1) is 6.61 Å². The van der Waals surface area contributed by atoms with Crippen LogP contribution in [0, 0.1) is 0 Å². The number of carbonyl (C=O) groups excluding carboxylic acids is 2. The highest BCUT2D eigenvalue weighted by atomic mass is 35.5. The summed E-state index contributed by atoms with van der Waals surface area (Å²) < 4.78 is 9.96. The Morgan fingerprint density at radius 2 is 1.89 bits per heavy atom. The molecule has 0 aromatic heterocycles. The quantitative estimate of drug-likeness (QED) is 0.428. The molecule has 5 heteroatoms. The Kier molecular flexibility index (Phi) is 7.84. The van der Waals surface area contributed by atoms with Crippen molar-refractivity contribution in [3.05, 3.63) is 35.4 Å². The van der Waals surface area contributed by atoms with Crippen LogP contribution in [0.1, 0.15) is 27.7 Å². The van der Waals surface area contributed by atoms with Crippen LogP contribution in [0.3, 0.4) is 0 Å². The number of hydrogen-bond donors (Lipinski definition) is 0. The summed E-state index contributed by atoms with van der Waals surface area (Å²) in [6.07, 6.45) is 6.35. The number of allylic oxidation sites excluding steroid dienone is 2. The van der Waals surface area contributed by atoms with Crippen molar-refractivity contribution in [2.24, 2.45) is 0 Å². The Morgan fingerprint density at radius 1 is 1.26 bits per heavy atom. The van der Waals surface area contributed by atoms with E-state index >= 15 is 0 Å². The summed E-state index contributed by atoms with van der Waals surface area (Å²) in [5.74, 6) is -0.803. The molecule has 4 nitrogen and oxygen atoms in total. The molecule has 0 saturated carbocycles. The Bertz CT molecular complexity index is 410. The number of ether oxygens (including phenoxy) is 2. The normalized spacial score (nSPS) is 15.5. The van der Waals surface area contributed by atoms with Gasteiger partial charge in [0.15, 0.2) is 0 Å². The molecule has 0 spiro atoms. The van der Waals surface area contributed by atoms with Crippen molar-refractivity contribution in [3.8, 4) is 0 Å². The summed E-state index contributed by atoms with van der Waals surface area (Å²) in [7, 11) is 0. The number of carbonyl (C=O) groups is 2. The Morgan fingerprint density at radius 3 is 2.37 bits per heavy atom. The zero-order valence-corrected chi connectivity index (χ0v) is 12.4. The Hall–Kier alpha value is -1.55. The molecule has 0 aliphatic rings. The van der Waals surface area contributed by atoms with Crippen LogP contribution in [0.4, 0.5) is 0 Å². The van der Waals surface area contributed by atoms with Crippen molar-refractivity contribution >= 4 is 23.5 Å². The summed E-state index contributed by atoms with van der Waals surface area (Å²) in [6, 6.07) is 0. The molecule has 1 unspecified atom stereocenters. The van der Waals surface area contributed by atoms with Crippen LogP contribution in [0.2, 0.25) is 0 Å². The van der Waals surface area contributed by atoms with Crippen molar-refractivity contribution < 1.29 is 19.1 Å². The molecule has 0 aromatic carbocycles. The molecule has 106 valence electrons. The maximum absolute atomic E-state index is 11.4. The maximum Gasteiger partial charge on any atom is 0.333 e. The molecule has 0 fully saturated rings. The van der Waals surface area contributed by atoms with Gasteiger partial charge in [-0.2, -0.15) is 0 Å². The lowest BCUT2D eigenvalue weighted by atomic mass is 10.1. The highest BCUT2D eigenvalue weighted by Crippen LogP contribution is 2.16. The number of hydrogen-bond acceptors (Lipinski definition) is 4. The van der Waals surface area contributed by atoms with Crippen LogP contribution in [-0.4, -0.2) is 24.1 Å². The first-order valence-corrected chi connectivity index (χ1v) is 6.29. The average molecular weight is 287 g/mol. The van der Waals surface area contributed by atoms with Crippen molar-refractivity contribution in [2.45, 2.75) is 33.3 Å². The Balaban J connectivity index is 4.86. The highest BCUT2D eigenvalue weighted by Gasteiger charge is 2.20.